The summed E-state index contributed by atoms with van der Waals surface area (Å²) in [7, 11) is -1.05. The lowest BCUT2D eigenvalue weighted by molar-refractivity contribution is 0.629. The van der Waals surface area contributed by atoms with Crippen LogP contribution in [-0.2, 0) is 10.8 Å². The Morgan fingerprint density at radius 2 is 2.31 bits per heavy atom. The van der Waals surface area contributed by atoms with Gasteiger partial charge in [0.1, 0.15) is 5.03 Å². The van der Waals surface area contributed by atoms with Gasteiger partial charge < -0.3 is 5.32 Å². The summed E-state index contributed by atoms with van der Waals surface area (Å²) in [4.78, 5) is 0. The standard InChI is InChI=1S/C9H12ClN3OS.ClH/c10-8-1-2-9(13-12-8)15(14)6-7-3-4-11-5-7;/h1-2,7,11H,3-6H2;1H. The third-order valence-corrected chi connectivity index (χ3v) is 4.05. The van der Waals surface area contributed by atoms with Gasteiger partial charge in [0.2, 0.25) is 0 Å². The topological polar surface area (TPSA) is 54.9 Å². The Kier molecular flexibility index (Phi) is 5.61. The van der Waals surface area contributed by atoms with Crippen molar-refractivity contribution in [2.75, 3.05) is 18.8 Å². The number of nitrogens with one attached hydrogen (secondary N) is 1. The van der Waals surface area contributed by atoms with Crippen molar-refractivity contribution in [2.24, 2.45) is 5.92 Å². The quantitative estimate of drug-likeness (QED) is 0.907. The zero-order valence-corrected chi connectivity index (χ0v) is 10.9. The second kappa shape index (κ2) is 6.49. The molecule has 1 aliphatic rings. The zero-order valence-electron chi connectivity index (χ0n) is 8.56. The predicted molar refractivity (Wildman–Crippen MR) is 66.5 cm³/mol. The van der Waals surface area contributed by atoms with Crippen LogP contribution in [0.4, 0.5) is 0 Å². The van der Waals surface area contributed by atoms with E-state index in [9.17, 15) is 4.21 Å². The van der Waals surface area contributed by atoms with Gasteiger partial charge in [-0.15, -0.1) is 22.6 Å². The fraction of sp³-hybridized carbons (Fsp3) is 0.556. The largest absolute Gasteiger partial charge is 0.316 e. The first-order valence-corrected chi connectivity index (χ1v) is 6.54. The Morgan fingerprint density at radius 3 is 2.88 bits per heavy atom. The van der Waals surface area contributed by atoms with Crippen molar-refractivity contribution in [2.45, 2.75) is 11.4 Å². The van der Waals surface area contributed by atoms with Crippen LogP contribution >= 0.6 is 24.0 Å². The van der Waals surface area contributed by atoms with Gasteiger partial charge in [0.05, 0.1) is 10.8 Å². The van der Waals surface area contributed by atoms with Crippen LogP contribution in [0.5, 0.6) is 0 Å². The maximum Gasteiger partial charge on any atom is 0.151 e. The van der Waals surface area contributed by atoms with Crippen molar-refractivity contribution in [3.05, 3.63) is 17.3 Å². The molecule has 4 nitrogen and oxygen atoms in total. The first kappa shape index (κ1) is 13.8. The molecule has 1 aromatic rings. The molecule has 0 aliphatic carbocycles. The van der Waals surface area contributed by atoms with E-state index in [1.54, 1.807) is 12.1 Å². The molecule has 2 unspecified atom stereocenters. The molecule has 0 saturated carbocycles. The number of aromatic nitrogens is 2. The lowest BCUT2D eigenvalue weighted by Crippen LogP contribution is -2.15. The van der Waals surface area contributed by atoms with Crippen LogP contribution in [-0.4, -0.2) is 33.2 Å². The molecule has 1 aliphatic heterocycles. The molecule has 0 spiro atoms. The number of nitrogens with zero attached hydrogens (tertiary/aromatic N) is 2. The number of halogens is 2. The maximum absolute atomic E-state index is 11.8. The summed E-state index contributed by atoms with van der Waals surface area (Å²) in [5.41, 5.74) is 0. The normalized spacial score (nSPS) is 21.4. The van der Waals surface area contributed by atoms with Gasteiger partial charge in [-0.1, -0.05) is 11.6 Å². The first-order valence-electron chi connectivity index (χ1n) is 4.84. The molecule has 1 N–H and O–H groups in total. The molecule has 16 heavy (non-hydrogen) atoms. The summed E-state index contributed by atoms with van der Waals surface area (Å²) < 4.78 is 11.8. The highest BCUT2D eigenvalue weighted by Crippen LogP contribution is 2.13. The molecule has 2 atom stereocenters. The van der Waals surface area contributed by atoms with Gasteiger partial charge in [-0.25, -0.2) is 0 Å². The Hall–Kier alpha value is -0.230. The molecule has 1 fully saturated rings. The molecule has 1 aromatic heterocycles. The molecule has 7 heteroatoms. The molecule has 0 radical (unpaired) electrons. The Labute approximate surface area is 108 Å². The van der Waals surface area contributed by atoms with Gasteiger partial charge in [0, 0.05) is 5.75 Å². The van der Waals surface area contributed by atoms with Gasteiger partial charge in [0.15, 0.2) is 5.15 Å². The Morgan fingerprint density at radius 1 is 1.50 bits per heavy atom. The average molecular weight is 282 g/mol. The average Bonchev–Trinajstić information content (AvgIpc) is 2.71. The van der Waals surface area contributed by atoms with Crippen LogP contribution in [0.15, 0.2) is 17.2 Å². The second-order valence-corrected chi connectivity index (χ2v) is 5.40. The highest BCUT2D eigenvalue weighted by Gasteiger charge is 2.18. The lowest BCUT2D eigenvalue weighted by Gasteiger charge is -2.06. The van der Waals surface area contributed by atoms with E-state index in [0.29, 0.717) is 21.8 Å². The van der Waals surface area contributed by atoms with E-state index in [-0.39, 0.29) is 12.4 Å². The summed E-state index contributed by atoms with van der Waals surface area (Å²) in [5, 5.41) is 11.6. The maximum atomic E-state index is 11.8. The Bertz CT molecular complexity index is 354. The molecule has 0 bridgehead atoms. The van der Waals surface area contributed by atoms with E-state index < -0.39 is 10.8 Å². The van der Waals surface area contributed by atoms with Crippen LogP contribution in [0.2, 0.25) is 5.15 Å². The molecule has 2 rings (SSSR count). The summed E-state index contributed by atoms with van der Waals surface area (Å²) in [6.07, 6.45) is 1.09. The molecular weight excluding hydrogens is 269 g/mol. The summed E-state index contributed by atoms with van der Waals surface area (Å²) >= 11 is 5.60. The number of rotatable bonds is 3. The summed E-state index contributed by atoms with van der Waals surface area (Å²) in [6, 6.07) is 3.29. The molecule has 2 heterocycles. The minimum absolute atomic E-state index is 0. The van der Waals surface area contributed by atoms with Gasteiger partial charge in [-0.2, -0.15) is 0 Å². The minimum atomic E-state index is -1.05. The molecule has 0 amide bonds. The molecular formula is C9H13Cl2N3OS. The van der Waals surface area contributed by atoms with Crippen LogP contribution in [0, 0.1) is 5.92 Å². The van der Waals surface area contributed by atoms with Crippen molar-refractivity contribution in [3.63, 3.8) is 0 Å². The zero-order chi connectivity index (χ0) is 10.7. The van der Waals surface area contributed by atoms with Crippen LogP contribution in [0.1, 0.15) is 6.42 Å². The van der Waals surface area contributed by atoms with E-state index in [0.717, 1.165) is 19.5 Å². The molecule has 0 aromatic carbocycles. The van der Waals surface area contributed by atoms with Crippen LogP contribution < -0.4 is 5.32 Å². The minimum Gasteiger partial charge on any atom is -0.316 e. The smallest absolute Gasteiger partial charge is 0.151 e. The molecule has 1 saturated heterocycles. The van der Waals surface area contributed by atoms with E-state index >= 15 is 0 Å². The van der Waals surface area contributed by atoms with E-state index in [4.69, 9.17) is 11.6 Å². The number of hydrogen-bond donors (Lipinski definition) is 1. The highest BCUT2D eigenvalue weighted by molar-refractivity contribution is 7.84. The van der Waals surface area contributed by atoms with Crippen molar-refractivity contribution < 1.29 is 4.21 Å². The lowest BCUT2D eigenvalue weighted by atomic mass is 10.2. The van der Waals surface area contributed by atoms with Gasteiger partial charge in [0.25, 0.3) is 0 Å². The fourth-order valence-electron chi connectivity index (χ4n) is 1.58. The van der Waals surface area contributed by atoms with Gasteiger partial charge in [-0.3, -0.25) is 4.21 Å². The number of hydrogen-bond acceptors (Lipinski definition) is 4. The van der Waals surface area contributed by atoms with E-state index in [1.165, 1.54) is 0 Å². The fourth-order valence-corrected chi connectivity index (χ4v) is 2.92. The molecule has 90 valence electrons. The predicted octanol–water partition coefficient (Wildman–Crippen LogP) is 1.27. The Balaban J connectivity index is 0.00000128. The van der Waals surface area contributed by atoms with E-state index in [2.05, 4.69) is 15.5 Å². The van der Waals surface area contributed by atoms with Crippen LogP contribution in [0.25, 0.3) is 0 Å². The van der Waals surface area contributed by atoms with Crippen LogP contribution in [0.3, 0.4) is 0 Å². The van der Waals surface area contributed by atoms with Gasteiger partial charge in [-0.05, 0) is 37.6 Å². The van der Waals surface area contributed by atoms with E-state index in [1.807, 2.05) is 0 Å². The third-order valence-electron chi connectivity index (χ3n) is 2.39. The van der Waals surface area contributed by atoms with Crippen molar-refractivity contribution in [3.8, 4) is 0 Å². The second-order valence-electron chi connectivity index (χ2n) is 3.57. The van der Waals surface area contributed by atoms with Crippen molar-refractivity contribution >= 4 is 34.8 Å². The highest BCUT2D eigenvalue weighted by atomic mass is 35.5. The van der Waals surface area contributed by atoms with Gasteiger partial charge >= 0.3 is 0 Å². The summed E-state index contributed by atoms with van der Waals surface area (Å²) in [5.74, 6) is 1.15. The third kappa shape index (κ3) is 3.66. The summed E-state index contributed by atoms with van der Waals surface area (Å²) in [6.45, 7) is 1.97. The monoisotopic (exact) mass is 281 g/mol. The first-order chi connectivity index (χ1) is 7.25. The van der Waals surface area contributed by atoms with Crippen molar-refractivity contribution in [1.29, 1.82) is 0 Å². The van der Waals surface area contributed by atoms with Crippen molar-refractivity contribution in [1.82, 2.24) is 15.5 Å². The SMILES string of the molecule is Cl.O=S(CC1CCNC1)c1ccc(Cl)nn1.